The number of benzene rings is 1. The van der Waals surface area contributed by atoms with E-state index in [0.717, 1.165) is 18.4 Å². The van der Waals surface area contributed by atoms with E-state index in [2.05, 4.69) is 0 Å². The predicted molar refractivity (Wildman–Crippen MR) is 60.7 cm³/mol. The first-order chi connectivity index (χ1) is 7.81. The Hall–Kier alpha value is -1.26. The van der Waals surface area contributed by atoms with Crippen molar-refractivity contribution in [2.45, 2.75) is 19.4 Å². The van der Waals surface area contributed by atoms with Crippen molar-refractivity contribution in [2.75, 3.05) is 20.3 Å². The molecule has 0 bridgehead atoms. The van der Waals surface area contributed by atoms with Crippen LogP contribution in [0.25, 0.3) is 0 Å². The van der Waals surface area contributed by atoms with Gasteiger partial charge in [0, 0.05) is 6.61 Å². The Balaban J connectivity index is 2.60. The van der Waals surface area contributed by atoms with Crippen LogP contribution >= 0.6 is 0 Å². The van der Waals surface area contributed by atoms with Gasteiger partial charge in [-0.1, -0.05) is 6.07 Å². The van der Waals surface area contributed by atoms with Gasteiger partial charge in [-0.3, -0.25) is 0 Å². The molecule has 0 heterocycles. The molecule has 0 spiro atoms. The van der Waals surface area contributed by atoms with E-state index in [0.29, 0.717) is 18.1 Å². The molecule has 0 unspecified atom stereocenters. The largest absolute Gasteiger partial charge is 0.493 e. The topological polar surface area (TPSA) is 58.9 Å². The summed E-state index contributed by atoms with van der Waals surface area (Å²) < 4.78 is 10.7. The molecule has 0 radical (unpaired) electrons. The minimum Gasteiger partial charge on any atom is -0.493 e. The van der Waals surface area contributed by atoms with E-state index in [4.69, 9.17) is 19.7 Å². The lowest BCUT2D eigenvalue weighted by Crippen LogP contribution is -2.01. The van der Waals surface area contributed by atoms with Gasteiger partial charge < -0.3 is 19.7 Å². The molecular weight excluding hydrogens is 208 g/mol. The zero-order valence-corrected chi connectivity index (χ0v) is 9.48. The highest BCUT2D eigenvalue weighted by molar-refractivity contribution is 5.42. The number of hydrogen-bond acceptors (Lipinski definition) is 4. The Morgan fingerprint density at radius 1 is 1.12 bits per heavy atom. The normalized spacial score (nSPS) is 10.2. The van der Waals surface area contributed by atoms with Crippen molar-refractivity contribution in [3.63, 3.8) is 0 Å². The minimum absolute atomic E-state index is 0.0169. The van der Waals surface area contributed by atoms with E-state index in [9.17, 15) is 0 Å². The molecule has 4 heteroatoms. The van der Waals surface area contributed by atoms with Gasteiger partial charge in [0.05, 0.1) is 20.3 Å². The van der Waals surface area contributed by atoms with Crippen molar-refractivity contribution in [1.29, 1.82) is 0 Å². The first kappa shape index (κ1) is 12.8. The molecular formula is C12H18O4. The molecule has 1 aromatic rings. The van der Waals surface area contributed by atoms with Gasteiger partial charge in [0.1, 0.15) is 0 Å². The first-order valence-corrected chi connectivity index (χ1v) is 5.33. The van der Waals surface area contributed by atoms with Crippen LogP contribution in [0.1, 0.15) is 18.4 Å². The van der Waals surface area contributed by atoms with E-state index >= 15 is 0 Å². The molecule has 1 rings (SSSR count). The summed E-state index contributed by atoms with van der Waals surface area (Å²) in [5, 5.41) is 17.6. The quantitative estimate of drug-likeness (QED) is 0.689. The molecule has 16 heavy (non-hydrogen) atoms. The number of ether oxygens (including phenoxy) is 2. The van der Waals surface area contributed by atoms with E-state index in [1.54, 1.807) is 25.3 Å². The van der Waals surface area contributed by atoms with E-state index in [1.807, 2.05) is 0 Å². The van der Waals surface area contributed by atoms with Crippen LogP contribution in [0.3, 0.4) is 0 Å². The summed E-state index contributed by atoms with van der Waals surface area (Å²) >= 11 is 0. The summed E-state index contributed by atoms with van der Waals surface area (Å²) in [6, 6.07) is 5.32. The molecule has 0 saturated carbocycles. The molecule has 1 aromatic carbocycles. The average molecular weight is 226 g/mol. The van der Waals surface area contributed by atoms with Crippen LogP contribution in [0.4, 0.5) is 0 Å². The maximum absolute atomic E-state index is 9.01. The van der Waals surface area contributed by atoms with Gasteiger partial charge in [-0.15, -0.1) is 0 Å². The van der Waals surface area contributed by atoms with E-state index in [-0.39, 0.29) is 13.2 Å². The van der Waals surface area contributed by atoms with Crippen LogP contribution in [0.15, 0.2) is 18.2 Å². The number of aliphatic hydroxyl groups excluding tert-OH is 2. The summed E-state index contributed by atoms with van der Waals surface area (Å²) in [6.45, 7) is 0.694. The number of aliphatic hydroxyl groups is 2. The second-order valence-corrected chi connectivity index (χ2v) is 3.42. The van der Waals surface area contributed by atoms with Crippen molar-refractivity contribution < 1.29 is 19.7 Å². The maximum Gasteiger partial charge on any atom is 0.161 e. The molecule has 90 valence electrons. The standard InChI is InChI=1S/C12H18O4/c1-15-11-5-4-10(9-14)8-12(11)16-7-3-2-6-13/h4-5,8,13-14H,2-3,6-7,9H2,1H3. The summed E-state index contributed by atoms with van der Waals surface area (Å²) in [5.41, 5.74) is 0.790. The van der Waals surface area contributed by atoms with Crippen LogP contribution in [0.5, 0.6) is 11.5 Å². The first-order valence-electron chi connectivity index (χ1n) is 5.33. The van der Waals surface area contributed by atoms with Gasteiger partial charge in [0.25, 0.3) is 0 Å². The SMILES string of the molecule is COc1ccc(CO)cc1OCCCCO. The molecule has 4 nitrogen and oxygen atoms in total. The summed E-state index contributed by atoms with van der Waals surface area (Å²) in [6.07, 6.45) is 1.52. The lowest BCUT2D eigenvalue weighted by molar-refractivity contribution is 0.246. The Morgan fingerprint density at radius 3 is 2.56 bits per heavy atom. The zero-order valence-electron chi connectivity index (χ0n) is 9.48. The predicted octanol–water partition coefficient (Wildman–Crippen LogP) is 1.34. The van der Waals surface area contributed by atoms with Gasteiger partial charge in [-0.2, -0.15) is 0 Å². The third-order valence-corrected chi connectivity index (χ3v) is 2.22. The smallest absolute Gasteiger partial charge is 0.161 e. The van der Waals surface area contributed by atoms with Crippen molar-refractivity contribution in [3.05, 3.63) is 23.8 Å². The highest BCUT2D eigenvalue weighted by Gasteiger charge is 2.05. The zero-order chi connectivity index (χ0) is 11.8. The molecule has 0 aliphatic carbocycles. The van der Waals surface area contributed by atoms with Gasteiger partial charge in [-0.05, 0) is 30.5 Å². The van der Waals surface area contributed by atoms with Crippen LogP contribution < -0.4 is 9.47 Å². The molecule has 0 aliphatic rings. The molecule has 0 atom stereocenters. The fourth-order valence-electron chi connectivity index (χ4n) is 1.33. The Kier molecular flexibility index (Phi) is 5.67. The molecule has 0 aromatic heterocycles. The number of methoxy groups -OCH3 is 1. The van der Waals surface area contributed by atoms with Crippen LogP contribution in [-0.4, -0.2) is 30.5 Å². The van der Waals surface area contributed by atoms with Crippen molar-refractivity contribution >= 4 is 0 Å². The monoisotopic (exact) mass is 226 g/mol. The van der Waals surface area contributed by atoms with Gasteiger partial charge in [0.2, 0.25) is 0 Å². The Labute approximate surface area is 95.4 Å². The number of unbranched alkanes of at least 4 members (excludes halogenated alkanes) is 1. The number of hydrogen-bond donors (Lipinski definition) is 2. The van der Waals surface area contributed by atoms with Crippen LogP contribution in [0, 0.1) is 0 Å². The fraction of sp³-hybridized carbons (Fsp3) is 0.500. The number of rotatable bonds is 7. The highest BCUT2D eigenvalue weighted by Crippen LogP contribution is 2.28. The van der Waals surface area contributed by atoms with E-state index < -0.39 is 0 Å². The van der Waals surface area contributed by atoms with Gasteiger partial charge in [0.15, 0.2) is 11.5 Å². The Bertz CT molecular complexity index is 312. The third kappa shape index (κ3) is 3.72. The molecule has 0 aliphatic heterocycles. The summed E-state index contributed by atoms with van der Waals surface area (Å²) in [4.78, 5) is 0. The van der Waals surface area contributed by atoms with Crippen molar-refractivity contribution in [1.82, 2.24) is 0 Å². The minimum atomic E-state index is -0.0169. The summed E-state index contributed by atoms with van der Waals surface area (Å²) in [7, 11) is 1.58. The third-order valence-electron chi connectivity index (χ3n) is 2.22. The average Bonchev–Trinajstić information content (AvgIpc) is 2.34. The van der Waals surface area contributed by atoms with Crippen molar-refractivity contribution in [3.8, 4) is 11.5 Å². The molecule has 2 N–H and O–H groups in total. The lowest BCUT2D eigenvalue weighted by Gasteiger charge is -2.11. The maximum atomic E-state index is 9.01. The van der Waals surface area contributed by atoms with Crippen molar-refractivity contribution in [2.24, 2.45) is 0 Å². The van der Waals surface area contributed by atoms with Crippen LogP contribution in [0.2, 0.25) is 0 Å². The fourth-order valence-corrected chi connectivity index (χ4v) is 1.33. The Morgan fingerprint density at radius 2 is 1.94 bits per heavy atom. The van der Waals surface area contributed by atoms with Gasteiger partial charge in [-0.25, -0.2) is 0 Å². The molecule has 0 amide bonds. The highest BCUT2D eigenvalue weighted by atomic mass is 16.5. The van der Waals surface area contributed by atoms with E-state index in [1.165, 1.54) is 0 Å². The lowest BCUT2D eigenvalue weighted by atomic mass is 10.2. The van der Waals surface area contributed by atoms with Gasteiger partial charge >= 0.3 is 0 Å². The molecule has 0 fully saturated rings. The second-order valence-electron chi connectivity index (χ2n) is 3.42. The van der Waals surface area contributed by atoms with Crippen LogP contribution in [-0.2, 0) is 6.61 Å². The second kappa shape index (κ2) is 7.09. The molecule has 0 saturated heterocycles. The summed E-state index contributed by atoms with van der Waals surface area (Å²) in [5.74, 6) is 1.29.